The topological polar surface area (TPSA) is 30.7 Å². The maximum atomic E-state index is 5.05. The zero-order valence-corrected chi connectivity index (χ0v) is 19.0. The minimum atomic E-state index is 0.716. The second-order valence-electron chi connectivity index (χ2n) is 8.72. The number of rotatable bonds is 3. The van der Waals surface area contributed by atoms with Gasteiger partial charge in [0, 0.05) is 27.9 Å². The van der Waals surface area contributed by atoms with Crippen molar-refractivity contribution in [2.24, 2.45) is 0 Å². The maximum absolute atomic E-state index is 5.05. The van der Waals surface area contributed by atoms with Gasteiger partial charge in [-0.25, -0.2) is 9.97 Å². The molecule has 7 rings (SSSR count). The zero-order valence-electron chi connectivity index (χ0n) is 19.0. The molecule has 0 saturated carbocycles. The summed E-state index contributed by atoms with van der Waals surface area (Å²) in [6, 6.07) is 42.4. The van der Waals surface area contributed by atoms with Crippen molar-refractivity contribution in [1.82, 2.24) is 14.5 Å². The van der Waals surface area contributed by atoms with Crippen LogP contribution in [0, 0.1) is 0 Å². The first-order valence-corrected chi connectivity index (χ1v) is 11.8. The van der Waals surface area contributed by atoms with Crippen LogP contribution in [0.5, 0.6) is 0 Å². The smallest absolute Gasteiger partial charge is 0.161 e. The van der Waals surface area contributed by atoms with E-state index in [1.807, 2.05) is 18.3 Å². The Morgan fingerprint density at radius 1 is 0.486 bits per heavy atom. The third-order valence-electron chi connectivity index (χ3n) is 6.68. The van der Waals surface area contributed by atoms with Crippen molar-refractivity contribution >= 4 is 32.6 Å². The normalized spacial score (nSPS) is 11.4. The second-order valence-corrected chi connectivity index (χ2v) is 8.72. The van der Waals surface area contributed by atoms with E-state index in [2.05, 4.69) is 119 Å². The number of aromatic nitrogens is 3. The summed E-state index contributed by atoms with van der Waals surface area (Å²) < 4.78 is 2.27. The zero-order chi connectivity index (χ0) is 23.2. The SMILES string of the molecule is c1ccc(-c2ccc(-c3nccc(-n4c5ccccc5c5ccc6ccccc6c54)n3)cc2)cc1. The molecule has 0 amide bonds. The van der Waals surface area contributed by atoms with E-state index in [1.165, 1.54) is 38.2 Å². The van der Waals surface area contributed by atoms with Gasteiger partial charge >= 0.3 is 0 Å². The molecule has 35 heavy (non-hydrogen) atoms. The van der Waals surface area contributed by atoms with Gasteiger partial charge in [0.2, 0.25) is 0 Å². The van der Waals surface area contributed by atoms with E-state index in [9.17, 15) is 0 Å². The van der Waals surface area contributed by atoms with Crippen molar-refractivity contribution in [1.29, 1.82) is 0 Å². The van der Waals surface area contributed by atoms with Crippen molar-refractivity contribution in [2.45, 2.75) is 0 Å². The third-order valence-corrected chi connectivity index (χ3v) is 6.68. The number of fused-ring (bicyclic) bond motifs is 5. The summed E-state index contributed by atoms with van der Waals surface area (Å²) in [4.78, 5) is 9.67. The molecule has 0 aliphatic heterocycles. The minimum absolute atomic E-state index is 0.716. The molecule has 0 aliphatic carbocycles. The van der Waals surface area contributed by atoms with E-state index < -0.39 is 0 Å². The van der Waals surface area contributed by atoms with Crippen LogP contribution in [0.15, 0.2) is 128 Å². The Morgan fingerprint density at radius 3 is 2.03 bits per heavy atom. The van der Waals surface area contributed by atoms with Gasteiger partial charge in [0.1, 0.15) is 5.82 Å². The maximum Gasteiger partial charge on any atom is 0.161 e. The van der Waals surface area contributed by atoms with Crippen molar-refractivity contribution in [3.63, 3.8) is 0 Å². The Kier molecular flexibility index (Phi) is 4.46. The first-order chi connectivity index (χ1) is 17.4. The molecule has 5 aromatic carbocycles. The van der Waals surface area contributed by atoms with Crippen LogP contribution in [0.3, 0.4) is 0 Å². The van der Waals surface area contributed by atoms with Crippen LogP contribution in [0.1, 0.15) is 0 Å². The predicted molar refractivity (Wildman–Crippen MR) is 145 cm³/mol. The van der Waals surface area contributed by atoms with Crippen LogP contribution in [-0.2, 0) is 0 Å². The lowest BCUT2D eigenvalue weighted by atomic mass is 10.0. The van der Waals surface area contributed by atoms with Crippen LogP contribution in [0.2, 0.25) is 0 Å². The fraction of sp³-hybridized carbons (Fsp3) is 0. The first-order valence-electron chi connectivity index (χ1n) is 11.8. The van der Waals surface area contributed by atoms with Gasteiger partial charge in [-0.1, -0.05) is 109 Å². The molecule has 0 saturated heterocycles. The molecule has 0 aliphatic rings. The summed E-state index contributed by atoms with van der Waals surface area (Å²) in [6.45, 7) is 0. The molecular formula is C32H21N3. The quantitative estimate of drug-likeness (QED) is 0.274. The number of hydrogen-bond acceptors (Lipinski definition) is 2. The van der Waals surface area contributed by atoms with Gasteiger partial charge in [0.05, 0.1) is 11.0 Å². The highest BCUT2D eigenvalue weighted by Gasteiger charge is 2.16. The van der Waals surface area contributed by atoms with E-state index >= 15 is 0 Å². The highest BCUT2D eigenvalue weighted by atomic mass is 15.1. The van der Waals surface area contributed by atoms with Crippen molar-refractivity contribution in [2.75, 3.05) is 0 Å². The molecule has 2 aromatic heterocycles. The Morgan fingerprint density at radius 2 is 1.17 bits per heavy atom. The summed E-state index contributed by atoms with van der Waals surface area (Å²) in [5, 5.41) is 4.88. The standard InChI is InChI=1S/C32H21N3/c1-2-8-22(9-3-1)23-14-16-25(17-15-23)32-33-21-20-30(34-32)35-29-13-7-6-12-27(29)28-19-18-24-10-4-5-11-26(24)31(28)35/h1-21H. The molecule has 0 bridgehead atoms. The molecule has 0 radical (unpaired) electrons. The second kappa shape index (κ2) is 7.93. The Labute approximate surface area is 203 Å². The molecule has 0 spiro atoms. The fourth-order valence-electron chi connectivity index (χ4n) is 5.02. The predicted octanol–water partition coefficient (Wildman–Crippen LogP) is 8.06. The number of para-hydroxylation sites is 1. The first kappa shape index (κ1) is 19.7. The molecule has 0 N–H and O–H groups in total. The van der Waals surface area contributed by atoms with Crippen LogP contribution < -0.4 is 0 Å². The molecule has 3 nitrogen and oxygen atoms in total. The van der Waals surface area contributed by atoms with E-state index in [-0.39, 0.29) is 0 Å². The number of nitrogens with zero attached hydrogens (tertiary/aromatic N) is 3. The highest BCUT2D eigenvalue weighted by Crippen LogP contribution is 2.36. The molecule has 7 aromatic rings. The lowest BCUT2D eigenvalue weighted by molar-refractivity contribution is 1.05. The molecule has 0 fully saturated rings. The van der Waals surface area contributed by atoms with Crippen LogP contribution in [0.4, 0.5) is 0 Å². The molecule has 2 heterocycles. The van der Waals surface area contributed by atoms with Gasteiger partial charge in [-0.2, -0.15) is 0 Å². The van der Waals surface area contributed by atoms with Crippen LogP contribution >= 0.6 is 0 Å². The largest absolute Gasteiger partial charge is 0.293 e. The minimum Gasteiger partial charge on any atom is -0.293 e. The van der Waals surface area contributed by atoms with Crippen molar-refractivity contribution < 1.29 is 0 Å². The summed E-state index contributed by atoms with van der Waals surface area (Å²) in [6.07, 6.45) is 1.86. The molecule has 3 heteroatoms. The Balaban J connectivity index is 1.42. The Hall–Kier alpha value is -4.76. The number of hydrogen-bond donors (Lipinski definition) is 0. The van der Waals surface area contributed by atoms with Crippen LogP contribution in [0.25, 0.3) is 60.9 Å². The van der Waals surface area contributed by atoms with Crippen molar-refractivity contribution in [3.05, 3.63) is 128 Å². The van der Waals surface area contributed by atoms with Gasteiger partial charge in [-0.05, 0) is 28.6 Å². The summed E-state index contributed by atoms with van der Waals surface area (Å²) in [5.74, 6) is 1.58. The van der Waals surface area contributed by atoms with Gasteiger partial charge < -0.3 is 0 Å². The third kappa shape index (κ3) is 3.21. The van der Waals surface area contributed by atoms with Gasteiger partial charge in [0.15, 0.2) is 5.82 Å². The highest BCUT2D eigenvalue weighted by molar-refractivity contribution is 6.18. The van der Waals surface area contributed by atoms with E-state index in [4.69, 9.17) is 4.98 Å². The van der Waals surface area contributed by atoms with E-state index in [0.717, 1.165) is 16.9 Å². The molecular weight excluding hydrogens is 426 g/mol. The Bertz CT molecular complexity index is 1830. The van der Waals surface area contributed by atoms with Gasteiger partial charge in [0.25, 0.3) is 0 Å². The van der Waals surface area contributed by atoms with Crippen LogP contribution in [-0.4, -0.2) is 14.5 Å². The monoisotopic (exact) mass is 447 g/mol. The van der Waals surface area contributed by atoms with Gasteiger partial charge in [-0.3, -0.25) is 4.57 Å². The molecule has 164 valence electrons. The summed E-state index contributed by atoms with van der Waals surface area (Å²) >= 11 is 0. The lowest BCUT2D eigenvalue weighted by Crippen LogP contribution is -2.00. The molecule has 0 unspecified atom stereocenters. The van der Waals surface area contributed by atoms with E-state index in [0.29, 0.717) is 5.82 Å². The van der Waals surface area contributed by atoms with Crippen molar-refractivity contribution in [3.8, 4) is 28.3 Å². The fourth-order valence-corrected chi connectivity index (χ4v) is 5.02. The van der Waals surface area contributed by atoms with Gasteiger partial charge in [-0.15, -0.1) is 0 Å². The lowest BCUT2D eigenvalue weighted by Gasteiger charge is -2.10. The number of benzene rings is 5. The average Bonchev–Trinajstić information content (AvgIpc) is 3.29. The summed E-state index contributed by atoms with van der Waals surface area (Å²) in [7, 11) is 0. The molecule has 0 atom stereocenters. The average molecular weight is 448 g/mol. The summed E-state index contributed by atoms with van der Waals surface area (Å²) in [5.41, 5.74) is 5.69. The van der Waals surface area contributed by atoms with E-state index in [1.54, 1.807) is 0 Å².